The molecular formula is C25H32N6O. The number of aryl methyl sites for hydroxylation is 1. The Morgan fingerprint density at radius 1 is 1.06 bits per heavy atom. The molecule has 3 heterocycles. The third-order valence-corrected chi connectivity index (χ3v) is 6.74. The van der Waals surface area contributed by atoms with Gasteiger partial charge < -0.3 is 15.5 Å². The fraction of sp³-hybridized carbons (Fsp3) is 0.480. The van der Waals surface area contributed by atoms with Gasteiger partial charge in [0.15, 0.2) is 0 Å². The van der Waals surface area contributed by atoms with E-state index < -0.39 is 0 Å². The topological polar surface area (TPSA) is 75.1 Å². The monoisotopic (exact) mass is 432 g/mol. The third kappa shape index (κ3) is 4.09. The van der Waals surface area contributed by atoms with Gasteiger partial charge in [-0.1, -0.05) is 12.8 Å². The zero-order valence-electron chi connectivity index (χ0n) is 19.1. The minimum absolute atomic E-state index is 0.0374. The number of anilines is 3. The first-order chi connectivity index (χ1) is 15.5. The summed E-state index contributed by atoms with van der Waals surface area (Å²) >= 11 is 0. The van der Waals surface area contributed by atoms with Crippen molar-refractivity contribution in [2.45, 2.75) is 64.6 Å². The molecule has 3 aromatic rings. The summed E-state index contributed by atoms with van der Waals surface area (Å²) in [6.07, 6.45) is 6.24. The summed E-state index contributed by atoms with van der Waals surface area (Å²) in [5, 5.41) is 7.85. The maximum absolute atomic E-state index is 12.8. The molecule has 0 bridgehead atoms. The van der Waals surface area contributed by atoms with Gasteiger partial charge in [0.25, 0.3) is 5.56 Å². The molecule has 7 heteroatoms. The number of piperazine rings is 1. The average Bonchev–Trinajstić information content (AvgIpc) is 3.28. The van der Waals surface area contributed by atoms with E-state index in [9.17, 15) is 4.79 Å². The number of hydrogen-bond donors (Lipinski definition) is 2. The molecule has 1 aromatic carbocycles. The lowest BCUT2D eigenvalue weighted by Crippen LogP contribution is -2.54. The summed E-state index contributed by atoms with van der Waals surface area (Å²) in [7, 11) is 0. The molecule has 2 unspecified atom stereocenters. The van der Waals surface area contributed by atoms with E-state index in [0.717, 1.165) is 48.2 Å². The molecule has 5 rings (SSSR count). The van der Waals surface area contributed by atoms with Gasteiger partial charge in [0.05, 0.1) is 0 Å². The maximum atomic E-state index is 12.8. The number of aromatic nitrogens is 3. The van der Waals surface area contributed by atoms with E-state index in [1.54, 1.807) is 6.07 Å². The van der Waals surface area contributed by atoms with Crippen LogP contribution in [-0.2, 0) is 0 Å². The van der Waals surface area contributed by atoms with Gasteiger partial charge in [0.2, 0.25) is 5.95 Å². The van der Waals surface area contributed by atoms with Gasteiger partial charge in [-0.15, -0.1) is 0 Å². The fourth-order valence-corrected chi connectivity index (χ4v) is 5.27. The van der Waals surface area contributed by atoms with Crippen LogP contribution < -0.4 is 21.1 Å². The molecule has 2 aromatic heterocycles. The standard InChI is InChI=1S/C25H32N6O/c1-16-12-23(32)31(21-6-4-5-7-21)24-22(16)13-26-25(29-24)28-19-8-10-20(11-9-19)30-14-17(2)27-18(3)15-30/h8-13,17-18,21,27H,4-7,14-15H2,1-3H3,(H,26,28,29). The lowest BCUT2D eigenvalue weighted by Gasteiger charge is -2.37. The Balaban J connectivity index is 1.42. The van der Waals surface area contributed by atoms with Gasteiger partial charge >= 0.3 is 0 Å². The fourth-order valence-electron chi connectivity index (χ4n) is 5.27. The molecule has 2 fully saturated rings. The van der Waals surface area contributed by atoms with Gasteiger partial charge in [-0.05, 0) is 63.4 Å². The number of pyridine rings is 1. The van der Waals surface area contributed by atoms with Gasteiger partial charge in [-0.2, -0.15) is 4.98 Å². The first kappa shape index (κ1) is 20.9. The summed E-state index contributed by atoms with van der Waals surface area (Å²) in [5.74, 6) is 0.520. The predicted octanol–water partition coefficient (Wildman–Crippen LogP) is 4.15. The molecule has 168 valence electrons. The van der Waals surface area contributed by atoms with Crippen LogP contribution in [0, 0.1) is 6.92 Å². The largest absolute Gasteiger partial charge is 0.368 e. The maximum Gasteiger partial charge on any atom is 0.252 e. The van der Waals surface area contributed by atoms with Crippen LogP contribution in [0.15, 0.2) is 41.3 Å². The molecule has 1 aliphatic heterocycles. The van der Waals surface area contributed by atoms with E-state index in [1.807, 2.05) is 17.7 Å². The second-order valence-corrected chi connectivity index (χ2v) is 9.45. The molecule has 2 N–H and O–H groups in total. The Kier molecular flexibility index (Phi) is 5.59. The minimum Gasteiger partial charge on any atom is -0.368 e. The molecule has 1 saturated heterocycles. The molecule has 1 saturated carbocycles. The van der Waals surface area contributed by atoms with Crippen molar-refractivity contribution in [3.05, 3.63) is 52.4 Å². The molecule has 2 aliphatic rings. The number of benzene rings is 1. The van der Waals surface area contributed by atoms with Crippen molar-refractivity contribution in [2.75, 3.05) is 23.3 Å². The normalized spacial score (nSPS) is 21.9. The molecule has 0 radical (unpaired) electrons. The number of nitrogens with zero attached hydrogens (tertiary/aromatic N) is 4. The first-order valence-corrected chi connectivity index (χ1v) is 11.7. The highest BCUT2D eigenvalue weighted by Crippen LogP contribution is 2.31. The van der Waals surface area contributed by atoms with Crippen molar-refractivity contribution in [3.63, 3.8) is 0 Å². The average molecular weight is 433 g/mol. The number of hydrogen-bond acceptors (Lipinski definition) is 6. The first-order valence-electron chi connectivity index (χ1n) is 11.7. The smallest absolute Gasteiger partial charge is 0.252 e. The Labute approximate surface area is 188 Å². The summed E-state index contributed by atoms with van der Waals surface area (Å²) < 4.78 is 1.89. The Hall–Kier alpha value is -2.93. The highest BCUT2D eigenvalue weighted by molar-refractivity contribution is 5.79. The Morgan fingerprint density at radius 2 is 1.75 bits per heavy atom. The Bertz CT molecular complexity index is 1160. The second-order valence-electron chi connectivity index (χ2n) is 9.45. The van der Waals surface area contributed by atoms with E-state index in [0.29, 0.717) is 18.0 Å². The lowest BCUT2D eigenvalue weighted by molar-refractivity contribution is 0.407. The van der Waals surface area contributed by atoms with Gasteiger partial charge in [-0.25, -0.2) is 4.98 Å². The van der Waals surface area contributed by atoms with Crippen LogP contribution in [0.3, 0.4) is 0 Å². The highest BCUT2D eigenvalue weighted by Gasteiger charge is 2.22. The molecular weight excluding hydrogens is 400 g/mol. The van der Waals surface area contributed by atoms with Crippen LogP contribution in [0.4, 0.5) is 17.3 Å². The van der Waals surface area contributed by atoms with Crippen molar-refractivity contribution in [2.24, 2.45) is 0 Å². The van der Waals surface area contributed by atoms with Crippen LogP contribution in [0.2, 0.25) is 0 Å². The number of rotatable bonds is 4. The Morgan fingerprint density at radius 3 is 2.44 bits per heavy atom. The second kappa shape index (κ2) is 8.54. The van der Waals surface area contributed by atoms with Crippen LogP contribution in [0.25, 0.3) is 11.0 Å². The van der Waals surface area contributed by atoms with Crippen molar-refractivity contribution in [1.82, 2.24) is 19.9 Å². The predicted molar refractivity (Wildman–Crippen MR) is 130 cm³/mol. The molecule has 7 nitrogen and oxygen atoms in total. The van der Waals surface area contributed by atoms with E-state index in [2.05, 4.69) is 58.6 Å². The van der Waals surface area contributed by atoms with Crippen LogP contribution in [-0.4, -0.2) is 39.7 Å². The quantitative estimate of drug-likeness (QED) is 0.645. The highest BCUT2D eigenvalue weighted by atomic mass is 16.1. The van der Waals surface area contributed by atoms with Gasteiger partial charge in [0.1, 0.15) is 5.65 Å². The van der Waals surface area contributed by atoms with E-state index in [-0.39, 0.29) is 11.6 Å². The number of fused-ring (bicyclic) bond motifs is 1. The SMILES string of the molecule is Cc1cc(=O)n(C2CCCC2)c2nc(Nc3ccc(N4CC(C)NC(C)C4)cc3)ncc12. The van der Waals surface area contributed by atoms with Crippen molar-refractivity contribution < 1.29 is 0 Å². The minimum atomic E-state index is 0.0374. The van der Waals surface area contributed by atoms with Gasteiger partial charge in [-0.3, -0.25) is 9.36 Å². The van der Waals surface area contributed by atoms with Crippen molar-refractivity contribution in [3.8, 4) is 0 Å². The van der Waals surface area contributed by atoms with Crippen LogP contribution in [0.5, 0.6) is 0 Å². The van der Waals surface area contributed by atoms with E-state index >= 15 is 0 Å². The number of nitrogens with one attached hydrogen (secondary N) is 2. The molecule has 0 amide bonds. The molecule has 32 heavy (non-hydrogen) atoms. The van der Waals surface area contributed by atoms with Crippen LogP contribution >= 0.6 is 0 Å². The zero-order valence-corrected chi connectivity index (χ0v) is 19.1. The van der Waals surface area contributed by atoms with Crippen LogP contribution in [0.1, 0.15) is 51.1 Å². The summed E-state index contributed by atoms with van der Waals surface area (Å²) in [6.45, 7) is 8.41. The lowest BCUT2D eigenvalue weighted by atomic mass is 10.1. The third-order valence-electron chi connectivity index (χ3n) is 6.74. The van der Waals surface area contributed by atoms with Gasteiger partial charge in [0, 0.05) is 60.2 Å². The summed E-state index contributed by atoms with van der Waals surface area (Å²) in [5.41, 5.74) is 3.86. The summed E-state index contributed by atoms with van der Waals surface area (Å²) in [4.78, 5) is 24.6. The molecule has 0 spiro atoms. The molecule has 2 atom stereocenters. The van der Waals surface area contributed by atoms with Crippen molar-refractivity contribution >= 4 is 28.4 Å². The molecule has 1 aliphatic carbocycles. The van der Waals surface area contributed by atoms with E-state index in [4.69, 9.17) is 4.98 Å². The van der Waals surface area contributed by atoms with Crippen molar-refractivity contribution in [1.29, 1.82) is 0 Å². The zero-order chi connectivity index (χ0) is 22.2. The van der Waals surface area contributed by atoms with E-state index in [1.165, 1.54) is 18.5 Å². The summed E-state index contributed by atoms with van der Waals surface area (Å²) in [6, 6.07) is 11.3.